The van der Waals surface area contributed by atoms with Crippen LogP contribution in [-0.4, -0.2) is 23.8 Å². The second-order valence-corrected chi connectivity index (χ2v) is 10.9. The first-order chi connectivity index (χ1) is 19.7. The number of carbonyl (C=O) groups is 2. The van der Waals surface area contributed by atoms with E-state index in [4.69, 9.17) is 13.7 Å². The molecular weight excluding hydrogens is 521 g/mol. The van der Waals surface area contributed by atoms with Gasteiger partial charge in [-0.1, -0.05) is 18.1 Å². The number of hydrogen-bond acceptors (Lipinski definition) is 6. The lowest BCUT2D eigenvalue weighted by atomic mass is 9.89. The lowest BCUT2D eigenvalue weighted by Crippen LogP contribution is -2.15. The lowest BCUT2D eigenvalue weighted by Gasteiger charge is -2.16. The minimum Gasteiger partial charge on any atom is -0.496 e. The molecule has 6 rings (SSSR count). The number of ether oxygens (including phenoxy) is 1. The minimum absolute atomic E-state index is 0.0221. The number of ketones is 2. The number of carbonyl (C=O) groups excluding carboxylic acids is 2. The van der Waals surface area contributed by atoms with Crippen molar-refractivity contribution in [1.29, 1.82) is 0 Å². The summed E-state index contributed by atoms with van der Waals surface area (Å²) in [6.07, 6.45) is 2.37. The molecule has 0 radical (unpaired) electrons. The molecule has 0 spiro atoms. The molecule has 5 aromatic rings. The molecule has 41 heavy (non-hydrogen) atoms. The molecule has 0 atom stereocenters. The summed E-state index contributed by atoms with van der Waals surface area (Å²) in [6, 6.07) is 17.3. The number of fused-ring (bicyclic) bond motifs is 1. The molecule has 1 fully saturated rings. The number of benzene rings is 3. The van der Waals surface area contributed by atoms with E-state index < -0.39 is 0 Å². The predicted octanol–water partition coefficient (Wildman–Crippen LogP) is 8.42. The number of aromatic nitrogens is 1. The Bertz CT molecular complexity index is 1810. The quantitative estimate of drug-likeness (QED) is 0.171. The molecule has 0 N–H and O–H groups in total. The van der Waals surface area contributed by atoms with Crippen LogP contribution in [0.15, 0.2) is 69.6 Å². The van der Waals surface area contributed by atoms with Crippen LogP contribution in [0.1, 0.15) is 70.3 Å². The van der Waals surface area contributed by atoms with Crippen molar-refractivity contribution in [3.05, 3.63) is 94.6 Å². The molecule has 1 aliphatic rings. The van der Waals surface area contributed by atoms with Gasteiger partial charge in [0.25, 0.3) is 0 Å². The van der Waals surface area contributed by atoms with Crippen LogP contribution in [0, 0.1) is 19.7 Å². The Labute approximate surface area is 237 Å². The summed E-state index contributed by atoms with van der Waals surface area (Å²) in [5, 5.41) is 4.87. The van der Waals surface area contributed by atoms with E-state index in [2.05, 4.69) is 5.16 Å². The summed E-state index contributed by atoms with van der Waals surface area (Å²) in [5.41, 5.74) is 5.32. The fraction of sp³-hybridized carbons (Fsp3) is 0.265. The predicted molar refractivity (Wildman–Crippen MR) is 154 cm³/mol. The highest BCUT2D eigenvalue weighted by molar-refractivity contribution is 6.13. The van der Waals surface area contributed by atoms with E-state index >= 15 is 0 Å². The molecule has 2 heterocycles. The summed E-state index contributed by atoms with van der Waals surface area (Å²) in [4.78, 5) is 26.9. The summed E-state index contributed by atoms with van der Waals surface area (Å²) < 4.78 is 30.7. The maximum Gasteiger partial charge on any atom is 0.167 e. The van der Waals surface area contributed by atoms with E-state index in [0.717, 1.165) is 41.0 Å². The molecule has 6 nitrogen and oxygen atoms in total. The molecular formula is C34H30FNO5. The van der Waals surface area contributed by atoms with Crippen molar-refractivity contribution in [1.82, 2.24) is 5.16 Å². The number of furan rings is 1. The van der Waals surface area contributed by atoms with Gasteiger partial charge in [0.2, 0.25) is 0 Å². The van der Waals surface area contributed by atoms with Crippen LogP contribution in [0.3, 0.4) is 0 Å². The molecule has 2 aromatic heterocycles. The first-order valence-electron chi connectivity index (χ1n) is 13.7. The van der Waals surface area contributed by atoms with E-state index in [0.29, 0.717) is 52.0 Å². The van der Waals surface area contributed by atoms with Crippen LogP contribution >= 0.6 is 0 Å². The van der Waals surface area contributed by atoms with Crippen LogP contribution in [0.4, 0.5) is 4.39 Å². The molecule has 0 amide bonds. The Morgan fingerprint density at radius 1 is 0.976 bits per heavy atom. The average molecular weight is 552 g/mol. The third kappa shape index (κ3) is 4.75. The number of Topliss-reactive ketones (excluding diaryl/α,β-unsaturated/α-hetero) is 2. The molecule has 0 bridgehead atoms. The van der Waals surface area contributed by atoms with Crippen molar-refractivity contribution in [2.75, 3.05) is 7.11 Å². The molecule has 208 valence electrons. The largest absolute Gasteiger partial charge is 0.496 e. The Kier molecular flexibility index (Phi) is 6.60. The smallest absolute Gasteiger partial charge is 0.167 e. The Morgan fingerprint density at radius 3 is 2.34 bits per heavy atom. The van der Waals surface area contributed by atoms with Crippen LogP contribution in [-0.2, 0) is 5.41 Å². The van der Waals surface area contributed by atoms with E-state index in [1.807, 2.05) is 50.2 Å². The number of nitrogens with zero attached hydrogens (tertiary/aromatic N) is 1. The third-order valence-corrected chi connectivity index (χ3v) is 8.08. The number of methoxy groups -OCH3 is 1. The lowest BCUT2D eigenvalue weighted by molar-refractivity contribution is 0.0963. The van der Waals surface area contributed by atoms with E-state index in [-0.39, 0.29) is 22.8 Å². The fourth-order valence-electron chi connectivity index (χ4n) is 5.60. The van der Waals surface area contributed by atoms with Crippen LogP contribution in [0.2, 0.25) is 0 Å². The molecule has 0 saturated heterocycles. The number of halogens is 1. The van der Waals surface area contributed by atoms with Gasteiger partial charge in [-0.05, 0) is 91.9 Å². The Balaban J connectivity index is 1.43. The van der Waals surface area contributed by atoms with Crippen LogP contribution in [0.5, 0.6) is 5.75 Å². The number of rotatable bonds is 9. The van der Waals surface area contributed by atoms with Crippen molar-refractivity contribution < 1.29 is 27.7 Å². The third-order valence-electron chi connectivity index (χ3n) is 8.08. The van der Waals surface area contributed by atoms with Gasteiger partial charge in [0.15, 0.2) is 11.6 Å². The molecule has 3 aromatic carbocycles. The molecule has 1 aliphatic carbocycles. The van der Waals surface area contributed by atoms with Gasteiger partial charge < -0.3 is 13.7 Å². The van der Waals surface area contributed by atoms with Crippen molar-refractivity contribution in [3.8, 4) is 28.2 Å². The van der Waals surface area contributed by atoms with Crippen molar-refractivity contribution in [3.63, 3.8) is 0 Å². The number of aryl methyl sites for hydroxylation is 2. The molecule has 1 saturated carbocycles. The standard InChI is InChI=1S/C34H30FNO5/c1-5-27(37)32-26-16-22(8-11-29(26)40-33(32)21-6-9-23(35)10-7-21)24-17-25(30(39-4)14-19(24)2)28(38)18-34(12-13-34)31-15-20(3)41-36-31/h6-11,14-17H,5,12-13,18H2,1-4H3. The van der Waals surface area contributed by atoms with Gasteiger partial charge in [0, 0.05) is 35.3 Å². The number of hydrogen-bond donors (Lipinski definition) is 0. The van der Waals surface area contributed by atoms with Crippen molar-refractivity contribution in [2.24, 2.45) is 0 Å². The Morgan fingerprint density at radius 2 is 1.71 bits per heavy atom. The summed E-state index contributed by atoms with van der Waals surface area (Å²) in [5.74, 6) is 1.22. The van der Waals surface area contributed by atoms with E-state index in [1.165, 1.54) is 12.1 Å². The summed E-state index contributed by atoms with van der Waals surface area (Å²) >= 11 is 0. The Hall–Kier alpha value is -4.52. The highest BCUT2D eigenvalue weighted by atomic mass is 19.1. The average Bonchev–Trinajstić information content (AvgIpc) is 3.44. The minimum atomic E-state index is -0.361. The first kappa shape index (κ1) is 26.7. The SMILES string of the molecule is CCC(=O)c1c(-c2ccc(F)cc2)oc2ccc(-c3cc(C(=O)CC4(c5cc(C)on5)CC4)c(OC)cc3C)cc12. The topological polar surface area (TPSA) is 82.5 Å². The maximum absolute atomic E-state index is 13.7. The zero-order chi connectivity index (χ0) is 28.9. The van der Waals surface area contributed by atoms with Gasteiger partial charge >= 0.3 is 0 Å². The second kappa shape index (κ2) is 10.1. The van der Waals surface area contributed by atoms with Gasteiger partial charge in [0.1, 0.15) is 28.7 Å². The normalized spacial score (nSPS) is 13.9. The van der Waals surface area contributed by atoms with Gasteiger partial charge in [-0.15, -0.1) is 0 Å². The van der Waals surface area contributed by atoms with Gasteiger partial charge in [-0.25, -0.2) is 4.39 Å². The molecule has 0 unspecified atom stereocenters. The van der Waals surface area contributed by atoms with Crippen molar-refractivity contribution >= 4 is 22.5 Å². The zero-order valence-electron chi connectivity index (χ0n) is 23.5. The summed E-state index contributed by atoms with van der Waals surface area (Å²) in [6.45, 7) is 5.62. The first-order valence-corrected chi connectivity index (χ1v) is 13.7. The monoisotopic (exact) mass is 551 g/mol. The zero-order valence-corrected chi connectivity index (χ0v) is 23.5. The van der Waals surface area contributed by atoms with E-state index in [9.17, 15) is 14.0 Å². The fourth-order valence-corrected chi connectivity index (χ4v) is 5.60. The van der Waals surface area contributed by atoms with Gasteiger partial charge in [-0.2, -0.15) is 0 Å². The van der Waals surface area contributed by atoms with Gasteiger partial charge in [-0.3, -0.25) is 9.59 Å². The summed E-state index contributed by atoms with van der Waals surface area (Å²) in [7, 11) is 1.57. The highest BCUT2D eigenvalue weighted by Crippen LogP contribution is 2.51. The highest BCUT2D eigenvalue weighted by Gasteiger charge is 2.48. The second-order valence-electron chi connectivity index (χ2n) is 10.9. The van der Waals surface area contributed by atoms with Crippen molar-refractivity contribution in [2.45, 2.75) is 51.9 Å². The van der Waals surface area contributed by atoms with Crippen LogP contribution < -0.4 is 4.74 Å². The molecule has 0 aliphatic heterocycles. The van der Waals surface area contributed by atoms with Crippen LogP contribution in [0.25, 0.3) is 33.4 Å². The molecule has 7 heteroatoms. The van der Waals surface area contributed by atoms with E-state index in [1.54, 1.807) is 26.2 Å². The maximum atomic E-state index is 13.7. The van der Waals surface area contributed by atoms with Gasteiger partial charge in [0.05, 0.1) is 23.9 Å².